The van der Waals surface area contributed by atoms with E-state index in [1.807, 2.05) is 11.8 Å². The summed E-state index contributed by atoms with van der Waals surface area (Å²) in [6.07, 6.45) is 1.08. The summed E-state index contributed by atoms with van der Waals surface area (Å²) in [6, 6.07) is 2.92. The summed E-state index contributed by atoms with van der Waals surface area (Å²) < 4.78 is 13.0. The van der Waals surface area contributed by atoms with Crippen LogP contribution in [0, 0.1) is 5.82 Å². The lowest BCUT2D eigenvalue weighted by molar-refractivity contribution is 0.628. The molecule has 0 saturated carbocycles. The molecule has 0 bridgehead atoms. The van der Waals surface area contributed by atoms with Gasteiger partial charge in [-0.3, -0.25) is 0 Å². The van der Waals surface area contributed by atoms with Crippen LogP contribution in [0.15, 0.2) is 12.1 Å². The number of benzene rings is 1. The third-order valence-electron chi connectivity index (χ3n) is 2.55. The third-order valence-corrected chi connectivity index (χ3v) is 4.51. The van der Waals surface area contributed by atoms with Crippen LogP contribution in [0.1, 0.15) is 13.3 Å². The first kappa shape index (κ1) is 12.3. The zero-order chi connectivity index (χ0) is 11.7. The fourth-order valence-corrected chi connectivity index (χ4v) is 3.52. The van der Waals surface area contributed by atoms with Crippen LogP contribution in [0.2, 0.25) is 10.0 Å². The van der Waals surface area contributed by atoms with Gasteiger partial charge in [0.15, 0.2) is 0 Å². The van der Waals surface area contributed by atoms with Crippen LogP contribution in [-0.2, 0) is 0 Å². The van der Waals surface area contributed by atoms with Crippen molar-refractivity contribution in [2.24, 2.45) is 0 Å². The van der Waals surface area contributed by atoms with Gasteiger partial charge in [-0.25, -0.2) is 4.39 Å². The van der Waals surface area contributed by atoms with Crippen molar-refractivity contribution in [1.29, 1.82) is 0 Å². The minimum Gasteiger partial charge on any atom is -0.379 e. The van der Waals surface area contributed by atoms with Gasteiger partial charge in [0.25, 0.3) is 0 Å². The Morgan fingerprint density at radius 2 is 2.00 bits per heavy atom. The van der Waals surface area contributed by atoms with E-state index in [4.69, 9.17) is 23.2 Å². The summed E-state index contributed by atoms with van der Waals surface area (Å²) in [7, 11) is 0. The van der Waals surface area contributed by atoms with E-state index in [1.165, 1.54) is 12.1 Å². The van der Waals surface area contributed by atoms with E-state index in [0.717, 1.165) is 12.2 Å². The lowest BCUT2D eigenvalue weighted by Crippen LogP contribution is -2.19. The van der Waals surface area contributed by atoms with Crippen LogP contribution >= 0.6 is 35.0 Å². The smallest absolute Gasteiger partial charge is 0.126 e. The fraction of sp³-hybridized carbons (Fsp3) is 0.455. The highest BCUT2D eigenvalue weighted by Gasteiger charge is 2.23. The Hall–Kier alpha value is -0.120. The molecule has 1 fully saturated rings. The minimum atomic E-state index is -0.408. The van der Waals surface area contributed by atoms with Crippen LogP contribution in [-0.4, -0.2) is 17.0 Å². The molecule has 1 aromatic carbocycles. The van der Waals surface area contributed by atoms with Gasteiger partial charge in [-0.05, 0) is 18.6 Å². The first-order valence-corrected chi connectivity index (χ1v) is 6.89. The maximum atomic E-state index is 13.0. The van der Waals surface area contributed by atoms with Crippen molar-refractivity contribution in [3.05, 3.63) is 28.0 Å². The molecule has 0 aromatic heterocycles. The topological polar surface area (TPSA) is 12.0 Å². The van der Waals surface area contributed by atoms with E-state index in [-0.39, 0.29) is 0 Å². The van der Waals surface area contributed by atoms with E-state index in [9.17, 15) is 4.39 Å². The predicted molar refractivity (Wildman–Crippen MR) is 70.4 cm³/mol. The second-order valence-corrected chi connectivity index (χ2v) is 6.25. The molecule has 88 valence electrons. The van der Waals surface area contributed by atoms with Crippen LogP contribution in [0.4, 0.5) is 10.1 Å². The molecule has 2 rings (SSSR count). The van der Waals surface area contributed by atoms with Crippen LogP contribution < -0.4 is 5.32 Å². The summed E-state index contributed by atoms with van der Waals surface area (Å²) in [5, 5.41) is 4.62. The monoisotopic (exact) mass is 279 g/mol. The minimum absolute atomic E-state index is 0.342. The Kier molecular flexibility index (Phi) is 3.88. The number of hydrogen-bond acceptors (Lipinski definition) is 2. The van der Waals surface area contributed by atoms with Gasteiger partial charge < -0.3 is 5.32 Å². The maximum absolute atomic E-state index is 13.0. The molecule has 1 nitrogen and oxygen atoms in total. The summed E-state index contributed by atoms with van der Waals surface area (Å²) in [5.41, 5.74) is 0.643. The maximum Gasteiger partial charge on any atom is 0.126 e. The van der Waals surface area contributed by atoms with Gasteiger partial charge in [0, 0.05) is 17.0 Å². The highest BCUT2D eigenvalue weighted by Crippen LogP contribution is 2.35. The first-order valence-electron chi connectivity index (χ1n) is 5.09. The van der Waals surface area contributed by atoms with Crippen molar-refractivity contribution in [2.75, 3.05) is 11.1 Å². The molecule has 0 spiro atoms. The van der Waals surface area contributed by atoms with Gasteiger partial charge >= 0.3 is 0 Å². The number of nitrogens with one attached hydrogen (secondary N) is 1. The average Bonchev–Trinajstić information content (AvgIpc) is 2.58. The molecule has 0 radical (unpaired) electrons. The number of thioether (sulfide) groups is 1. The predicted octanol–water partition coefficient (Wildman–Crippen LogP) is 4.44. The molecule has 0 aliphatic carbocycles. The van der Waals surface area contributed by atoms with E-state index >= 15 is 0 Å². The van der Waals surface area contributed by atoms with E-state index < -0.39 is 5.82 Å². The Balaban J connectivity index is 2.15. The van der Waals surface area contributed by atoms with Crippen molar-refractivity contribution in [2.45, 2.75) is 24.6 Å². The number of rotatable bonds is 2. The fourth-order valence-electron chi connectivity index (χ4n) is 1.80. The zero-order valence-electron chi connectivity index (χ0n) is 8.77. The molecule has 1 heterocycles. The Morgan fingerprint density at radius 3 is 2.50 bits per heavy atom. The molecule has 0 amide bonds. The molecular weight excluding hydrogens is 268 g/mol. The lowest BCUT2D eigenvalue weighted by atomic mass is 10.2. The Bertz CT molecular complexity index is 377. The van der Waals surface area contributed by atoms with Crippen LogP contribution in [0.25, 0.3) is 0 Å². The summed E-state index contributed by atoms with van der Waals surface area (Å²) in [6.45, 7) is 2.19. The normalized spacial score (nSPS) is 24.8. The van der Waals surface area contributed by atoms with E-state index in [0.29, 0.717) is 27.0 Å². The molecule has 1 N–H and O–H groups in total. The first-order chi connectivity index (χ1) is 7.56. The quantitative estimate of drug-likeness (QED) is 0.859. The van der Waals surface area contributed by atoms with Gasteiger partial charge in [-0.15, -0.1) is 0 Å². The Morgan fingerprint density at radius 1 is 1.38 bits per heavy atom. The van der Waals surface area contributed by atoms with E-state index in [2.05, 4.69) is 12.2 Å². The average molecular weight is 280 g/mol. The summed E-state index contributed by atoms with van der Waals surface area (Å²) in [4.78, 5) is 0. The number of halogens is 3. The second kappa shape index (κ2) is 5.03. The van der Waals surface area contributed by atoms with Crippen molar-refractivity contribution < 1.29 is 4.39 Å². The molecule has 2 unspecified atom stereocenters. The highest BCUT2D eigenvalue weighted by molar-refractivity contribution is 8.00. The summed E-state index contributed by atoms with van der Waals surface area (Å²) in [5.74, 6) is 0.625. The Labute approximate surface area is 109 Å². The molecule has 1 aliphatic rings. The molecule has 16 heavy (non-hydrogen) atoms. The van der Waals surface area contributed by atoms with Crippen molar-refractivity contribution >= 4 is 40.7 Å². The van der Waals surface area contributed by atoms with Crippen molar-refractivity contribution in [3.8, 4) is 0 Å². The highest BCUT2D eigenvalue weighted by atomic mass is 35.5. The second-order valence-electron chi connectivity index (χ2n) is 3.97. The molecule has 1 saturated heterocycles. The third kappa shape index (κ3) is 2.76. The molecular formula is C11H12Cl2FNS. The number of hydrogen-bond donors (Lipinski definition) is 1. The van der Waals surface area contributed by atoms with Crippen LogP contribution in [0.3, 0.4) is 0 Å². The van der Waals surface area contributed by atoms with Gasteiger partial charge in [-0.1, -0.05) is 30.1 Å². The lowest BCUT2D eigenvalue weighted by Gasteiger charge is -2.16. The van der Waals surface area contributed by atoms with Gasteiger partial charge in [0.1, 0.15) is 5.82 Å². The van der Waals surface area contributed by atoms with Gasteiger partial charge in [-0.2, -0.15) is 11.8 Å². The summed E-state index contributed by atoms with van der Waals surface area (Å²) >= 11 is 13.8. The van der Waals surface area contributed by atoms with Crippen molar-refractivity contribution in [3.63, 3.8) is 0 Å². The van der Waals surface area contributed by atoms with E-state index in [1.54, 1.807) is 0 Å². The molecule has 1 aromatic rings. The van der Waals surface area contributed by atoms with Gasteiger partial charge in [0.05, 0.1) is 15.7 Å². The molecule has 1 aliphatic heterocycles. The molecule has 2 atom stereocenters. The van der Waals surface area contributed by atoms with Crippen LogP contribution in [0.5, 0.6) is 0 Å². The van der Waals surface area contributed by atoms with Crippen molar-refractivity contribution in [1.82, 2.24) is 0 Å². The largest absolute Gasteiger partial charge is 0.379 e. The SMILES string of the molecule is CC1CC(Nc2c(Cl)cc(F)cc2Cl)CS1. The number of anilines is 1. The standard InChI is InChI=1S/C11H12Cl2FNS/c1-6-2-8(5-16-6)15-11-9(12)3-7(14)4-10(11)13/h3-4,6,8,15H,2,5H2,1H3. The molecule has 5 heteroatoms. The van der Waals surface area contributed by atoms with Gasteiger partial charge in [0.2, 0.25) is 0 Å². The zero-order valence-corrected chi connectivity index (χ0v) is 11.1.